The van der Waals surface area contributed by atoms with Gasteiger partial charge in [0.1, 0.15) is 5.69 Å². The highest BCUT2D eigenvalue weighted by Crippen LogP contribution is 2.19. The van der Waals surface area contributed by atoms with E-state index in [0.29, 0.717) is 11.3 Å². The van der Waals surface area contributed by atoms with E-state index in [1.807, 2.05) is 67.6 Å². The van der Waals surface area contributed by atoms with Gasteiger partial charge in [0.2, 0.25) is 0 Å². The maximum atomic E-state index is 12.6. The maximum absolute atomic E-state index is 12.6. The predicted molar refractivity (Wildman–Crippen MR) is 86.7 cm³/mol. The standard InChI is InChI=1S/C18H17N3O/c1-13-17(16-11-7-4-8-12-16)19-20-21(18(13)22)14(2)15-9-5-3-6-10-15/h3-12,14H,1-2H3. The first-order chi connectivity index (χ1) is 10.7. The van der Waals surface area contributed by atoms with E-state index in [-0.39, 0.29) is 11.6 Å². The van der Waals surface area contributed by atoms with Crippen LogP contribution in [0.2, 0.25) is 0 Å². The minimum atomic E-state index is -0.148. The predicted octanol–water partition coefficient (Wildman–Crippen LogP) is 3.22. The van der Waals surface area contributed by atoms with Crippen LogP contribution in [0.3, 0.4) is 0 Å². The van der Waals surface area contributed by atoms with E-state index >= 15 is 0 Å². The smallest absolute Gasteiger partial charge is 0.267 e. The van der Waals surface area contributed by atoms with Gasteiger partial charge in [-0.05, 0) is 19.4 Å². The molecule has 0 aliphatic heterocycles. The van der Waals surface area contributed by atoms with Crippen LogP contribution in [0, 0.1) is 6.92 Å². The summed E-state index contributed by atoms with van der Waals surface area (Å²) in [5, 5.41) is 8.41. The zero-order chi connectivity index (χ0) is 15.5. The molecule has 0 saturated carbocycles. The molecular weight excluding hydrogens is 274 g/mol. The number of nitrogens with zero attached hydrogens (tertiary/aromatic N) is 3. The van der Waals surface area contributed by atoms with Crippen LogP contribution in [0.5, 0.6) is 0 Å². The van der Waals surface area contributed by atoms with Gasteiger partial charge in [-0.25, -0.2) is 4.68 Å². The second-order valence-corrected chi connectivity index (χ2v) is 5.27. The number of hydrogen-bond acceptors (Lipinski definition) is 3. The van der Waals surface area contributed by atoms with Crippen LogP contribution in [-0.2, 0) is 0 Å². The average molecular weight is 291 g/mol. The molecule has 3 aromatic rings. The molecule has 22 heavy (non-hydrogen) atoms. The van der Waals surface area contributed by atoms with Crippen LogP contribution in [0.1, 0.15) is 24.1 Å². The molecule has 0 N–H and O–H groups in total. The van der Waals surface area contributed by atoms with Crippen molar-refractivity contribution in [2.45, 2.75) is 19.9 Å². The largest absolute Gasteiger partial charge is 0.273 e. The zero-order valence-corrected chi connectivity index (χ0v) is 12.6. The highest BCUT2D eigenvalue weighted by Gasteiger charge is 2.15. The lowest BCUT2D eigenvalue weighted by Gasteiger charge is -2.15. The molecule has 1 heterocycles. The lowest BCUT2D eigenvalue weighted by Crippen LogP contribution is -2.30. The molecule has 0 radical (unpaired) electrons. The lowest BCUT2D eigenvalue weighted by molar-refractivity contribution is 0.497. The van der Waals surface area contributed by atoms with Crippen LogP contribution in [0.15, 0.2) is 65.5 Å². The van der Waals surface area contributed by atoms with Crippen molar-refractivity contribution in [1.29, 1.82) is 0 Å². The van der Waals surface area contributed by atoms with E-state index in [1.54, 1.807) is 6.92 Å². The molecule has 0 aliphatic carbocycles. The van der Waals surface area contributed by atoms with Crippen molar-refractivity contribution in [2.75, 3.05) is 0 Å². The Morgan fingerprint density at radius 2 is 1.55 bits per heavy atom. The fourth-order valence-corrected chi connectivity index (χ4v) is 2.48. The molecule has 1 unspecified atom stereocenters. The van der Waals surface area contributed by atoms with Crippen LogP contribution in [0.4, 0.5) is 0 Å². The van der Waals surface area contributed by atoms with Gasteiger partial charge in [-0.15, -0.1) is 5.10 Å². The monoisotopic (exact) mass is 291 g/mol. The zero-order valence-electron chi connectivity index (χ0n) is 12.6. The third-order valence-electron chi connectivity index (χ3n) is 3.82. The van der Waals surface area contributed by atoms with Crippen LogP contribution >= 0.6 is 0 Å². The second kappa shape index (κ2) is 5.93. The Labute approximate surface area is 129 Å². The summed E-state index contributed by atoms with van der Waals surface area (Å²) >= 11 is 0. The molecule has 0 fully saturated rings. The Bertz CT molecular complexity index is 826. The summed E-state index contributed by atoms with van der Waals surface area (Å²) in [6, 6.07) is 19.3. The molecular formula is C18H17N3O. The van der Waals surface area contributed by atoms with E-state index in [0.717, 1.165) is 11.1 Å². The maximum Gasteiger partial charge on any atom is 0.273 e. The summed E-state index contributed by atoms with van der Waals surface area (Å²) in [5.74, 6) is 0. The van der Waals surface area contributed by atoms with E-state index < -0.39 is 0 Å². The third-order valence-corrected chi connectivity index (χ3v) is 3.82. The van der Waals surface area contributed by atoms with E-state index in [9.17, 15) is 4.79 Å². The fraction of sp³-hybridized carbons (Fsp3) is 0.167. The van der Waals surface area contributed by atoms with Gasteiger partial charge >= 0.3 is 0 Å². The third kappa shape index (κ3) is 2.55. The summed E-state index contributed by atoms with van der Waals surface area (Å²) in [5.41, 5.74) is 3.09. The van der Waals surface area contributed by atoms with E-state index in [1.165, 1.54) is 4.68 Å². The first kappa shape index (κ1) is 14.2. The Balaban J connectivity index is 2.06. The van der Waals surface area contributed by atoms with Crippen molar-refractivity contribution in [3.05, 3.63) is 82.1 Å². The quantitative estimate of drug-likeness (QED) is 0.744. The van der Waals surface area contributed by atoms with Gasteiger partial charge < -0.3 is 0 Å². The van der Waals surface area contributed by atoms with E-state index in [2.05, 4.69) is 10.3 Å². The Hall–Kier alpha value is -2.75. The van der Waals surface area contributed by atoms with Gasteiger partial charge in [0.25, 0.3) is 5.56 Å². The van der Waals surface area contributed by atoms with Crippen molar-refractivity contribution in [3.8, 4) is 11.3 Å². The first-order valence-corrected chi connectivity index (χ1v) is 7.25. The van der Waals surface area contributed by atoms with Gasteiger partial charge in [0, 0.05) is 11.1 Å². The molecule has 1 aromatic heterocycles. The van der Waals surface area contributed by atoms with Crippen molar-refractivity contribution >= 4 is 0 Å². The van der Waals surface area contributed by atoms with Crippen LogP contribution in [0.25, 0.3) is 11.3 Å². The second-order valence-electron chi connectivity index (χ2n) is 5.27. The van der Waals surface area contributed by atoms with Gasteiger partial charge in [-0.1, -0.05) is 65.9 Å². The van der Waals surface area contributed by atoms with Gasteiger partial charge in [0.05, 0.1) is 6.04 Å². The average Bonchev–Trinajstić information content (AvgIpc) is 2.58. The Morgan fingerprint density at radius 3 is 2.18 bits per heavy atom. The molecule has 0 saturated heterocycles. The van der Waals surface area contributed by atoms with E-state index in [4.69, 9.17) is 0 Å². The molecule has 0 bridgehead atoms. The van der Waals surface area contributed by atoms with Crippen LogP contribution < -0.4 is 5.56 Å². The summed E-state index contributed by atoms with van der Waals surface area (Å²) in [7, 11) is 0. The van der Waals surface area contributed by atoms with Gasteiger partial charge in [-0.3, -0.25) is 4.79 Å². The number of benzene rings is 2. The van der Waals surface area contributed by atoms with Crippen molar-refractivity contribution in [3.63, 3.8) is 0 Å². The number of rotatable bonds is 3. The number of aromatic nitrogens is 3. The highest BCUT2D eigenvalue weighted by molar-refractivity contribution is 5.61. The molecule has 0 amide bonds. The fourth-order valence-electron chi connectivity index (χ4n) is 2.48. The molecule has 3 rings (SSSR count). The summed E-state index contributed by atoms with van der Waals surface area (Å²) in [6.45, 7) is 3.75. The Kier molecular flexibility index (Phi) is 3.83. The van der Waals surface area contributed by atoms with Gasteiger partial charge in [-0.2, -0.15) is 0 Å². The summed E-state index contributed by atoms with van der Waals surface area (Å²) < 4.78 is 1.44. The van der Waals surface area contributed by atoms with Crippen molar-refractivity contribution < 1.29 is 0 Å². The summed E-state index contributed by atoms with van der Waals surface area (Å²) in [4.78, 5) is 12.6. The van der Waals surface area contributed by atoms with Gasteiger partial charge in [0.15, 0.2) is 0 Å². The lowest BCUT2D eigenvalue weighted by atomic mass is 10.1. The minimum Gasteiger partial charge on any atom is -0.267 e. The first-order valence-electron chi connectivity index (χ1n) is 7.25. The Morgan fingerprint density at radius 1 is 0.955 bits per heavy atom. The molecule has 0 aliphatic rings. The highest BCUT2D eigenvalue weighted by atomic mass is 16.1. The van der Waals surface area contributed by atoms with Crippen LogP contribution in [-0.4, -0.2) is 15.0 Å². The number of hydrogen-bond donors (Lipinski definition) is 0. The molecule has 4 heteroatoms. The minimum absolute atomic E-state index is 0.106. The normalized spacial score (nSPS) is 12.1. The van der Waals surface area contributed by atoms with Crippen molar-refractivity contribution in [2.24, 2.45) is 0 Å². The summed E-state index contributed by atoms with van der Waals surface area (Å²) in [6.07, 6.45) is 0. The van der Waals surface area contributed by atoms with Crippen molar-refractivity contribution in [1.82, 2.24) is 15.0 Å². The SMILES string of the molecule is Cc1c(-c2ccccc2)nnn(C(C)c2ccccc2)c1=O. The molecule has 1 atom stereocenters. The topological polar surface area (TPSA) is 47.8 Å². The molecule has 4 nitrogen and oxygen atoms in total. The molecule has 110 valence electrons. The molecule has 2 aromatic carbocycles. The molecule has 0 spiro atoms.